The second-order valence-corrected chi connectivity index (χ2v) is 3.44. The number of carbonyl (C=O) groups is 1. The summed E-state index contributed by atoms with van der Waals surface area (Å²) in [5.41, 5.74) is -0.942. The number of nitrogens with zero attached hydrogens (tertiary/aromatic N) is 2. The highest BCUT2D eigenvalue weighted by atomic mass is 79.9. The van der Waals surface area contributed by atoms with Crippen LogP contribution in [-0.4, -0.2) is 18.1 Å². The number of hydrogen-bond donors (Lipinski definition) is 0. The molecule has 0 saturated heterocycles. The first-order valence-electron chi connectivity index (χ1n) is 3.97. The van der Waals surface area contributed by atoms with Crippen LogP contribution in [0.2, 0.25) is 0 Å². The summed E-state index contributed by atoms with van der Waals surface area (Å²) in [4.78, 5) is 14.6. The van der Waals surface area contributed by atoms with Crippen molar-refractivity contribution < 1.29 is 18.3 Å². The monoisotopic (exact) mass is 290 g/mol. The van der Waals surface area contributed by atoms with E-state index in [0.29, 0.717) is 0 Å². The fourth-order valence-corrected chi connectivity index (χ4v) is 1.61. The van der Waals surface area contributed by atoms with Gasteiger partial charge in [0.1, 0.15) is 11.8 Å². The van der Waals surface area contributed by atoms with E-state index in [1.807, 2.05) is 0 Å². The van der Waals surface area contributed by atoms with Crippen LogP contribution in [0.1, 0.15) is 28.0 Å². The van der Waals surface area contributed by atoms with Gasteiger partial charge in [0.05, 0.1) is 22.7 Å². The molecule has 0 aromatic carbocycles. The van der Waals surface area contributed by atoms with Crippen molar-refractivity contribution >= 4 is 21.9 Å². The molecule has 4 nitrogen and oxygen atoms in total. The molecule has 16 heavy (non-hydrogen) atoms. The summed E-state index contributed by atoms with van der Waals surface area (Å²) in [6.45, 7) is 0. The van der Waals surface area contributed by atoms with E-state index in [0.717, 1.165) is 13.3 Å². The lowest BCUT2D eigenvalue weighted by Gasteiger charge is -2.07. The Hall–Kier alpha value is -1.55. The van der Waals surface area contributed by atoms with E-state index < -0.39 is 18.1 Å². The Kier molecular flexibility index (Phi) is 3.90. The minimum absolute atomic E-state index is 0.152. The highest BCUT2D eigenvalue weighted by Crippen LogP contribution is 2.29. The summed E-state index contributed by atoms with van der Waals surface area (Å²) in [7, 11) is 1.12. The number of carbonyl (C=O) groups excluding carboxylic acids is 1. The van der Waals surface area contributed by atoms with Crippen LogP contribution in [0, 0.1) is 11.3 Å². The first-order valence-corrected chi connectivity index (χ1v) is 4.77. The van der Waals surface area contributed by atoms with E-state index in [2.05, 4.69) is 25.7 Å². The largest absolute Gasteiger partial charge is 0.465 e. The number of pyridine rings is 1. The van der Waals surface area contributed by atoms with Gasteiger partial charge in [0.15, 0.2) is 0 Å². The number of hydrogen-bond acceptors (Lipinski definition) is 4. The number of nitriles is 1. The molecule has 1 heterocycles. The van der Waals surface area contributed by atoms with Crippen molar-refractivity contribution in [2.24, 2.45) is 0 Å². The van der Waals surface area contributed by atoms with Gasteiger partial charge in [0.25, 0.3) is 6.43 Å². The van der Waals surface area contributed by atoms with Crippen LogP contribution >= 0.6 is 15.9 Å². The minimum Gasteiger partial charge on any atom is -0.465 e. The number of alkyl halides is 2. The van der Waals surface area contributed by atoms with Gasteiger partial charge in [-0.25, -0.2) is 13.6 Å². The normalized spacial score (nSPS) is 10.0. The summed E-state index contributed by atoms with van der Waals surface area (Å²) >= 11 is 2.82. The first kappa shape index (κ1) is 12.5. The lowest BCUT2D eigenvalue weighted by atomic mass is 10.1. The number of rotatable bonds is 2. The van der Waals surface area contributed by atoms with Gasteiger partial charge in [0.2, 0.25) is 0 Å². The summed E-state index contributed by atoms with van der Waals surface area (Å²) < 4.78 is 29.1. The molecule has 0 amide bonds. The third kappa shape index (κ3) is 2.17. The molecule has 0 radical (unpaired) electrons. The highest BCUT2D eigenvalue weighted by Gasteiger charge is 2.22. The Morgan fingerprint density at radius 3 is 2.75 bits per heavy atom. The number of halogens is 3. The molecule has 0 atom stereocenters. The zero-order chi connectivity index (χ0) is 12.3. The maximum atomic E-state index is 12.4. The molecule has 0 spiro atoms. The van der Waals surface area contributed by atoms with Crippen LogP contribution in [0.15, 0.2) is 10.7 Å². The lowest BCUT2D eigenvalue weighted by Crippen LogP contribution is -2.08. The quantitative estimate of drug-likeness (QED) is 0.785. The third-order valence-electron chi connectivity index (χ3n) is 1.77. The van der Waals surface area contributed by atoms with Gasteiger partial charge in [0, 0.05) is 6.20 Å². The SMILES string of the molecule is COC(=O)c1cnc(C(F)F)c(Br)c1C#N. The molecule has 0 aliphatic heterocycles. The minimum atomic E-state index is -2.83. The van der Waals surface area contributed by atoms with E-state index in [-0.39, 0.29) is 15.6 Å². The molecule has 0 bridgehead atoms. The second kappa shape index (κ2) is 4.99. The van der Waals surface area contributed by atoms with Crippen molar-refractivity contribution in [3.8, 4) is 6.07 Å². The van der Waals surface area contributed by atoms with Crippen LogP contribution in [-0.2, 0) is 4.74 Å². The zero-order valence-corrected chi connectivity index (χ0v) is 9.59. The van der Waals surface area contributed by atoms with Gasteiger partial charge in [-0.1, -0.05) is 0 Å². The Morgan fingerprint density at radius 1 is 1.69 bits per heavy atom. The van der Waals surface area contributed by atoms with E-state index in [1.54, 1.807) is 6.07 Å². The summed E-state index contributed by atoms with van der Waals surface area (Å²) in [5.74, 6) is -0.800. The van der Waals surface area contributed by atoms with Gasteiger partial charge in [-0.3, -0.25) is 4.98 Å². The number of esters is 1. The number of methoxy groups -OCH3 is 1. The second-order valence-electron chi connectivity index (χ2n) is 2.65. The molecule has 0 fully saturated rings. The Morgan fingerprint density at radius 2 is 2.31 bits per heavy atom. The molecule has 0 aliphatic carbocycles. The average Bonchev–Trinajstić information content (AvgIpc) is 2.26. The molecule has 0 aliphatic rings. The van der Waals surface area contributed by atoms with Crippen LogP contribution in [0.25, 0.3) is 0 Å². The Bertz CT molecular complexity index is 471. The average molecular weight is 291 g/mol. The van der Waals surface area contributed by atoms with Crippen molar-refractivity contribution in [3.05, 3.63) is 27.5 Å². The lowest BCUT2D eigenvalue weighted by molar-refractivity contribution is 0.0599. The smallest absolute Gasteiger partial charge is 0.340 e. The fourth-order valence-electron chi connectivity index (χ4n) is 1.03. The molecular weight excluding hydrogens is 286 g/mol. The van der Waals surface area contributed by atoms with E-state index >= 15 is 0 Å². The van der Waals surface area contributed by atoms with Crippen LogP contribution in [0.5, 0.6) is 0 Å². The van der Waals surface area contributed by atoms with Crippen LogP contribution < -0.4 is 0 Å². The topological polar surface area (TPSA) is 63.0 Å². The molecule has 1 aromatic rings. The highest BCUT2D eigenvalue weighted by molar-refractivity contribution is 9.10. The maximum absolute atomic E-state index is 12.4. The van der Waals surface area contributed by atoms with Crippen molar-refractivity contribution in [2.75, 3.05) is 7.11 Å². The molecule has 0 unspecified atom stereocenters. The standard InChI is InChI=1S/C9H5BrF2N2O2/c1-16-9(15)5-3-14-7(8(11)12)6(10)4(5)2-13/h3,8H,1H3. The summed E-state index contributed by atoms with van der Waals surface area (Å²) in [6.07, 6.45) is -1.93. The maximum Gasteiger partial charge on any atom is 0.340 e. The Balaban J connectivity index is 3.42. The van der Waals surface area contributed by atoms with Gasteiger partial charge < -0.3 is 4.74 Å². The fraction of sp³-hybridized carbons (Fsp3) is 0.222. The number of aromatic nitrogens is 1. The molecule has 0 saturated carbocycles. The molecule has 1 rings (SSSR count). The van der Waals surface area contributed by atoms with Gasteiger partial charge in [-0.2, -0.15) is 5.26 Å². The predicted molar refractivity (Wildman–Crippen MR) is 52.9 cm³/mol. The van der Waals surface area contributed by atoms with Crippen molar-refractivity contribution in [1.29, 1.82) is 5.26 Å². The van der Waals surface area contributed by atoms with Crippen LogP contribution in [0.4, 0.5) is 8.78 Å². The molecule has 1 aromatic heterocycles. The van der Waals surface area contributed by atoms with Gasteiger partial charge in [-0.05, 0) is 15.9 Å². The third-order valence-corrected chi connectivity index (χ3v) is 2.57. The first-order chi connectivity index (χ1) is 7.52. The molecule has 84 valence electrons. The van der Waals surface area contributed by atoms with E-state index in [9.17, 15) is 13.6 Å². The molecular formula is C9H5BrF2N2O2. The van der Waals surface area contributed by atoms with E-state index in [4.69, 9.17) is 5.26 Å². The van der Waals surface area contributed by atoms with E-state index in [1.165, 1.54) is 0 Å². The Labute approximate surface area is 98.0 Å². The van der Waals surface area contributed by atoms with Gasteiger partial charge >= 0.3 is 5.97 Å². The van der Waals surface area contributed by atoms with Crippen molar-refractivity contribution in [2.45, 2.75) is 6.43 Å². The molecule has 0 N–H and O–H groups in total. The summed E-state index contributed by atoms with van der Waals surface area (Å²) in [6, 6.07) is 1.65. The van der Waals surface area contributed by atoms with Crippen molar-refractivity contribution in [1.82, 2.24) is 4.98 Å². The zero-order valence-electron chi connectivity index (χ0n) is 8.00. The number of ether oxygens (including phenoxy) is 1. The molecule has 7 heteroatoms. The van der Waals surface area contributed by atoms with Crippen LogP contribution in [0.3, 0.4) is 0 Å². The van der Waals surface area contributed by atoms with Gasteiger partial charge in [-0.15, -0.1) is 0 Å². The summed E-state index contributed by atoms with van der Waals surface area (Å²) in [5, 5.41) is 8.79. The predicted octanol–water partition coefficient (Wildman–Crippen LogP) is 2.44. The van der Waals surface area contributed by atoms with Crippen molar-refractivity contribution in [3.63, 3.8) is 0 Å².